The number of rotatable bonds is 46. The summed E-state index contributed by atoms with van der Waals surface area (Å²) in [6, 6.07) is 0. The Hall–Kier alpha value is -2.92. The first kappa shape index (κ1) is 58.1. The molecule has 1 N–H and O–H groups in total. The van der Waals surface area contributed by atoms with Crippen molar-refractivity contribution in [3.8, 4) is 0 Å². The number of carbonyl (C=O) groups is 2. The maximum absolute atomic E-state index is 12.2. The fraction of sp³-hybridized carbons (Fsp3) is 0.714. The number of esters is 2. The fourth-order valence-corrected chi connectivity index (χ4v) is 7.12. The molecule has 350 valence electrons. The average molecular weight is 849 g/mol. The molecule has 0 aliphatic heterocycles. The van der Waals surface area contributed by atoms with Crippen LogP contribution in [-0.2, 0) is 19.1 Å². The molecule has 0 spiro atoms. The van der Waals surface area contributed by atoms with Gasteiger partial charge >= 0.3 is 11.9 Å². The van der Waals surface area contributed by atoms with Crippen LogP contribution >= 0.6 is 0 Å². The Kier molecular flexibility index (Phi) is 49.0. The van der Waals surface area contributed by atoms with Gasteiger partial charge in [-0.2, -0.15) is 0 Å². The molecule has 1 unspecified atom stereocenters. The summed E-state index contributed by atoms with van der Waals surface area (Å²) < 4.78 is 10.5. The summed E-state index contributed by atoms with van der Waals surface area (Å²) in [6.07, 6.45) is 71.6. The molecule has 5 heteroatoms. The average Bonchev–Trinajstić information content (AvgIpc) is 3.26. The molecule has 0 amide bonds. The Bertz CT molecular complexity index is 1140. The molecule has 5 nitrogen and oxygen atoms in total. The highest BCUT2D eigenvalue weighted by molar-refractivity contribution is 5.70. The summed E-state index contributed by atoms with van der Waals surface area (Å²) in [5.74, 6) is -0.596. The van der Waals surface area contributed by atoms with Crippen LogP contribution in [0.15, 0.2) is 85.1 Å². The number of hydrogen-bond donors (Lipinski definition) is 1. The van der Waals surface area contributed by atoms with Gasteiger partial charge in [-0.25, -0.2) is 0 Å². The monoisotopic (exact) mass is 849 g/mol. The third-order valence-electron chi connectivity index (χ3n) is 11.0. The molecular weight excluding hydrogens is 753 g/mol. The van der Waals surface area contributed by atoms with Gasteiger partial charge in [-0.05, 0) is 70.6 Å². The second kappa shape index (κ2) is 51.4. The van der Waals surface area contributed by atoms with Crippen molar-refractivity contribution in [3.63, 3.8) is 0 Å². The van der Waals surface area contributed by atoms with Crippen molar-refractivity contribution in [1.82, 2.24) is 0 Å². The molecule has 0 rings (SSSR count). The fourth-order valence-electron chi connectivity index (χ4n) is 7.12. The van der Waals surface area contributed by atoms with Crippen LogP contribution in [0.4, 0.5) is 0 Å². The van der Waals surface area contributed by atoms with Crippen LogP contribution in [0.2, 0.25) is 0 Å². The number of ether oxygens (including phenoxy) is 2. The second-order valence-corrected chi connectivity index (χ2v) is 16.9. The predicted molar refractivity (Wildman–Crippen MR) is 265 cm³/mol. The quantitative estimate of drug-likeness (QED) is 0.0375. The number of hydrogen-bond acceptors (Lipinski definition) is 5. The van der Waals surface area contributed by atoms with Crippen molar-refractivity contribution in [2.24, 2.45) is 0 Å². The zero-order valence-corrected chi connectivity index (χ0v) is 39.9. The standard InChI is InChI=1S/C56H96O5/c1-3-5-7-9-11-12-13-14-15-16-17-18-19-20-21-22-23-24-25-26-27-28-29-30-31-32-33-34-35-36-37-38-39-40-41-42-43-44-45-47-49-51-56(59)61-54(52-57)53-60-55(58)50-48-46-10-8-6-4-2/h5,7,11-12,14-15,17-18,20-21,23-24,26-27,54,57H,3-4,6,8-10,13,16,19,22,25,28-53H2,1-2H3/b7-5-,12-11-,15-14-,18-17-,21-20-,24-23-,27-26-. The maximum atomic E-state index is 12.2. The van der Waals surface area contributed by atoms with Gasteiger partial charge in [0.05, 0.1) is 6.61 Å². The molecule has 0 heterocycles. The van der Waals surface area contributed by atoms with E-state index in [-0.39, 0.29) is 25.2 Å². The molecule has 0 aliphatic carbocycles. The number of allylic oxidation sites excluding steroid dienone is 14. The Morgan fingerprint density at radius 1 is 0.393 bits per heavy atom. The SMILES string of the molecule is CC/C=C\C/C=C\C/C=C\C/C=C\C/C=C\C/C=C\C/C=C\CCCCCCCCCCCCCCCCCCCCCC(=O)OC(CO)COC(=O)CCCCCCCC. The molecule has 0 aromatic carbocycles. The van der Waals surface area contributed by atoms with Crippen molar-refractivity contribution in [3.05, 3.63) is 85.1 Å². The summed E-state index contributed by atoms with van der Waals surface area (Å²) in [5, 5.41) is 9.52. The largest absolute Gasteiger partial charge is 0.462 e. The Labute approximate surface area is 377 Å². The number of carbonyl (C=O) groups excluding carboxylic acids is 2. The Morgan fingerprint density at radius 2 is 0.705 bits per heavy atom. The number of aliphatic hydroxyl groups excluding tert-OH is 1. The van der Waals surface area contributed by atoms with Gasteiger partial charge in [0, 0.05) is 12.8 Å². The van der Waals surface area contributed by atoms with Crippen LogP contribution < -0.4 is 0 Å². The van der Waals surface area contributed by atoms with Crippen LogP contribution in [0.25, 0.3) is 0 Å². The third kappa shape index (κ3) is 49.6. The molecule has 0 radical (unpaired) electrons. The van der Waals surface area contributed by atoms with Gasteiger partial charge in [0.2, 0.25) is 0 Å². The molecule has 0 aromatic heterocycles. The zero-order valence-electron chi connectivity index (χ0n) is 39.9. The van der Waals surface area contributed by atoms with E-state index >= 15 is 0 Å². The van der Waals surface area contributed by atoms with E-state index in [4.69, 9.17) is 9.47 Å². The molecule has 0 aromatic rings. The zero-order chi connectivity index (χ0) is 44.2. The molecule has 0 fully saturated rings. The van der Waals surface area contributed by atoms with Gasteiger partial charge in [-0.15, -0.1) is 0 Å². The smallest absolute Gasteiger partial charge is 0.306 e. The molecular formula is C56H96O5. The minimum atomic E-state index is -0.767. The summed E-state index contributed by atoms with van der Waals surface area (Å²) in [4.78, 5) is 24.1. The van der Waals surface area contributed by atoms with Crippen molar-refractivity contribution in [1.29, 1.82) is 0 Å². The van der Waals surface area contributed by atoms with Gasteiger partial charge in [-0.1, -0.05) is 240 Å². The summed E-state index contributed by atoms with van der Waals surface area (Å²) in [6.45, 7) is 3.96. The first-order chi connectivity index (χ1) is 30.1. The number of unbranched alkanes of at least 4 members (excludes halogenated alkanes) is 24. The topological polar surface area (TPSA) is 72.8 Å². The second-order valence-electron chi connectivity index (χ2n) is 16.9. The molecule has 0 saturated carbocycles. The minimum Gasteiger partial charge on any atom is -0.462 e. The third-order valence-corrected chi connectivity index (χ3v) is 11.0. The first-order valence-electron chi connectivity index (χ1n) is 25.6. The van der Waals surface area contributed by atoms with Crippen molar-refractivity contribution < 1.29 is 24.2 Å². The van der Waals surface area contributed by atoms with Gasteiger partial charge in [0.15, 0.2) is 6.10 Å². The van der Waals surface area contributed by atoms with Gasteiger partial charge < -0.3 is 14.6 Å². The van der Waals surface area contributed by atoms with E-state index in [0.29, 0.717) is 12.8 Å². The van der Waals surface area contributed by atoms with E-state index in [2.05, 4.69) is 98.9 Å². The highest BCUT2D eigenvalue weighted by Crippen LogP contribution is 2.16. The summed E-state index contributed by atoms with van der Waals surface area (Å²) in [7, 11) is 0. The minimum absolute atomic E-state index is 0.0649. The lowest BCUT2D eigenvalue weighted by Crippen LogP contribution is -2.28. The summed E-state index contributed by atoms with van der Waals surface area (Å²) >= 11 is 0. The number of aliphatic hydroxyl groups is 1. The normalized spacial score (nSPS) is 12.9. The molecule has 0 aliphatic rings. The van der Waals surface area contributed by atoms with Crippen molar-refractivity contribution in [2.45, 2.75) is 245 Å². The van der Waals surface area contributed by atoms with Gasteiger partial charge in [-0.3, -0.25) is 9.59 Å². The predicted octanol–water partition coefficient (Wildman–Crippen LogP) is 17.0. The summed E-state index contributed by atoms with van der Waals surface area (Å²) in [5.41, 5.74) is 0. The van der Waals surface area contributed by atoms with Crippen LogP contribution in [-0.4, -0.2) is 36.4 Å². The lowest BCUT2D eigenvalue weighted by atomic mass is 10.0. The van der Waals surface area contributed by atoms with Gasteiger partial charge in [0.25, 0.3) is 0 Å². The lowest BCUT2D eigenvalue weighted by Gasteiger charge is -2.15. The van der Waals surface area contributed by atoms with E-state index in [1.165, 1.54) is 128 Å². The van der Waals surface area contributed by atoms with E-state index in [1.807, 2.05) is 0 Å². The van der Waals surface area contributed by atoms with Crippen LogP contribution in [0.5, 0.6) is 0 Å². The Balaban J connectivity index is 3.42. The van der Waals surface area contributed by atoms with E-state index in [1.54, 1.807) is 0 Å². The first-order valence-corrected chi connectivity index (χ1v) is 25.6. The van der Waals surface area contributed by atoms with Crippen LogP contribution in [0.3, 0.4) is 0 Å². The Morgan fingerprint density at radius 3 is 1.07 bits per heavy atom. The molecule has 61 heavy (non-hydrogen) atoms. The highest BCUT2D eigenvalue weighted by Gasteiger charge is 2.16. The maximum Gasteiger partial charge on any atom is 0.306 e. The van der Waals surface area contributed by atoms with Crippen LogP contribution in [0.1, 0.15) is 239 Å². The van der Waals surface area contributed by atoms with Crippen molar-refractivity contribution in [2.75, 3.05) is 13.2 Å². The van der Waals surface area contributed by atoms with Crippen molar-refractivity contribution >= 4 is 11.9 Å². The van der Waals surface area contributed by atoms with Gasteiger partial charge in [0.1, 0.15) is 6.61 Å². The van der Waals surface area contributed by atoms with E-state index in [0.717, 1.165) is 83.5 Å². The lowest BCUT2D eigenvalue weighted by molar-refractivity contribution is -0.161. The highest BCUT2D eigenvalue weighted by atomic mass is 16.6. The molecule has 0 saturated heterocycles. The van der Waals surface area contributed by atoms with E-state index < -0.39 is 6.10 Å². The van der Waals surface area contributed by atoms with Crippen LogP contribution in [0, 0.1) is 0 Å². The molecule has 1 atom stereocenters. The molecule has 0 bridgehead atoms. The van der Waals surface area contributed by atoms with E-state index in [9.17, 15) is 14.7 Å².